The SMILES string of the molecule is C[C@]1(c2ccc(Cl)cc2)NC(=O)N(CC(=O)N(Cc2ccccc2)[C@H]2CCS(=O)(=O)C2)C1=O. The Hall–Kier alpha value is -2.91. The molecule has 0 saturated carbocycles. The molecule has 2 fully saturated rings. The van der Waals surface area contributed by atoms with Crippen molar-refractivity contribution in [2.75, 3.05) is 18.1 Å². The number of urea groups is 1. The Morgan fingerprint density at radius 3 is 2.42 bits per heavy atom. The lowest BCUT2D eigenvalue weighted by molar-refractivity contribution is -0.140. The lowest BCUT2D eigenvalue weighted by Gasteiger charge is -2.30. The van der Waals surface area contributed by atoms with Crippen LogP contribution in [-0.4, -0.2) is 60.2 Å². The van der Waals surface area contributed by atoms with E-state index in [1.165, 1.54) is 4.90 Å². The molecule has 2 aliphatic rings. The molecule has 10 heteroatoms. The molecule has 174 valence electrons. The van der Waals surface area contributed by atoms with Crippen molar-refractivity contribution in [3.63, 3.8) is 0 Å². The Morgan fingerprint density at radius 2 is 1.82 bits per heavy atom. The fourth-order valence-corrected chi connectivity index (χ4v) is 6.12. The van der Waals surface area contributed by atoms with Crippen molar-refractivity contribution in [1.82, 2.24) is 15.1 Å². The summed E-state index contributed by atoms with van der Waals surface area (Å²) in [6.07, 6.45) is 0.323. The van der Waals surface area contributed by atoms with Crippen LogP contribution in [0.3, 0.4) is 0 Å². The van der Waals surface area contributed by atoms with Gasteiger partial charge in [0.2, 0.25) is 5.91 Å². The molecule has 8 nitrogen and oxygen atoms in total. The highest BCUT2D eigenvalue weighted by Gasteiger charge is 2.50. The maximum atomic E-state index is 13.3. The van der Waals surface area contributed by atoms with Crippen LogP contribution in [0.15, 0.2) is 54.6 Å². The van der Waals surface area contributed by atoms with E-state index in [9.17, 15) is 22.8 Å². The Labute approximate surface area is 197 Å². The number of nitrogens with one attached hydrogen (secondary N) is 1. The molecule has 2 aromatic rings. The van der Waals surface area contributed by atoms with E-state index in [0.717, 1.165) is 10.5 Å². The number of sulfone groups is 1. The number of hydrogen-bond donors (Lipinski definition) is 1. The second-order valence-electron chi connectivity index (χ2n) is 8.52. The van der Waals surface area contributed by atoms with Gasteiger partial charge in [0.25, 0.3) is 5.91 Å². The second-order valence-corrected chi connectivity index (χ2v) is 11.2. The molecule has 4 rings (SSSR count). The average Bonchev–Trinajstić information content (AvgIpc) is 3.24. The van der Waals surface area contributed by atoms with Crippen molar-refractivity contribution in [2.24, 2.45) is 0 Å². The molecule has 0 aromatic heterocycles. The van der Waals surface area contributed by atoms with Crippen LogP contribution in [-0.2, 0) is 31.5 Å². The minimum atomic E-state index is -3.24. The number of carbonyl (C=O) groups is 3. The van der Waals surface area contributed by atoms with Gasteiger partial charge < -0.3 is 10.2 Å². The zero-order chi connectivity index (χ0) is 23.8. The lowest BCUT2D eigenvalue weighted by atomic mass is 9.92. The summed E-state index contributed by atoms with van der Waals surface area (Å²) >= 11 is 5.93. The largest absolute Gasteiger partial charge is 0.333 e. The van der Waals surface area contributed by atoms with Gasteiger partial charge >= 0.3 is 6.03 Å². The van der Waals surface area contributed by atoms with Crippen LogP contribution in [0.1, 0.15) is 24.5 Å². The van der Waals surface area contributed by atoms with Crippen LogP contribution < -0.4 is 5.32 Å². The number of imide groups is 1. The molecule has 0 unspecified atom stereocenters. The Kier molecular flexibility index (Phi) is 6.20. The summed E-state index contributed by atoms with van der Waals surface area (Å²) in [5.74, 6) is -1.16. The molecule has 0 aliphatic carbocycles. The van der Waals surface area contributed by atoms with E-state index < -0.39 is 45.8 Å². The number of amides is 4. The molecule has 2 aliphatic heterocycles. The Balaban J connectivity index is 1.56. The summed E-state index contributed by atoms with van der Waals surface area (Å²) in [4.78, 5) is 41.6. The van der Waals surface area contributed by atoms with E-state index in [0.29, 0.717) is 17.0 Å². The first-order valence-electron chi connectivity index (χ1n) is 10.5. The minimum Gasteiger partial charge on any atom is -0.333 e. The third-order valence-corrected chi connectivity index (χ3v) is 8.16. The highest BCUT2D eigenvalue weighted by Crippen LogP contribution is 2.30. The average molecular weight is 490 g/mol. The molecule has 33 heavy (non-hydrogen) atoms. The van der Waals surface area contributed by atoms with Crippen molar-refractivity contribution in [1.29, 1.82) is 0 Å². The zero-order valence-corrected chi connectivity index (χ0v) is 19.6. The van der Waals surface area contributed by atoms with Gasteiger partial charge in [-0.15, -0.1) is 0 Å². The third kappa shape index (κ3) is 4.74. The molecular formula is C23H24ClN3O5S. The van der Waals surface area contributed by atoms with Gasteiger partial charge in [-0.1, -0.05) is 54.1 Å². The van der Waals surface area contributed by atoms with Crippen molar-refractivity contribution < 1.29 is 22.8 Å². The van der Waals surface area contributed by atoms with Crippen LogP contribution in [0.2, 0.25) is 5.02 Å². The number of rotatable bonds is 6. The molecule has 2 heterocycles. The minimum absolute atomic E-state index is 0.00794. The van der Waals surface area contributed by atoms with E-state index in [-0.39, 0.29) is 18.1 Å². The summed E-state index contributed by atoms with van der Waals surface area (Å²) in [7, 11) is -3.24. The van der Waals surface area contributed by atoms with Crippen LogP contribution >= 0.6 is 11.6 Å². The Bertz CT molecular complexity index is 1190. The Morgan fingerprint density at radius 1 is 1.15 bits per heavy atom. The summed E-state index contributed by atoms with van der Waals surface area (Å²) in [6.45, 7) is 1.29. The predicted octanol–water partition coefficient (Wildman–Crippen LogP) is 2.32. The molecule has 4 amide bonds. The summed E-state index contributed by atoms with van der Waals surface area (Å²) in [5, 5.41) is 3.16. The van der Waals surface area contributed by atoms with E-state index in [4.69, 9.17) is 11.6 Å². The molecule has 1 N–H and O–H groups in total. The number of carbonyl (C=O) groups excluding carboxylic acids is 3. The third-order valence-electron chi connectivity index (χ3n) is 6.16. The van der Waals surface area contributed by atoms with E-state index in [1.807, 2.05) is 30.3 Å². The normalized spacial score (nSPS) is 24.1. The number of halogens is 1. The van der Waals surface area contributed by atoms with Crippen molar-refractivity contribution >= 4 is 39.3 Å². The van der Waals surface area contributed by atoms with Crippen molar-refractivity contribution in [3.8, 4) is 0 Å². The van der Waals surface area contributed by atoms with Gasteiger partial charge in [-0.25, -0.2) is 13.2 Å². The van der Waals surface area contributed by atoms with Crippen LogP contribution in [0.25, 0.3) is 0 Å². The summed E-state index contributed by atoms with van der Waals surface area (Å²) in [5.41, 5.74) is 0.0460. The molecule has 0 spiro atoms. The van der Waals surface area contributed by atoms with Crippen LogP contribution in [0, 0.1) is 0 Å². The first-order chi connectivity index (χ1) is 15.6. The highest BCUT2D eigenvalue weighted by molar-refractivity contribution is 7.91. The fraction of sp³-hybridized carbons (Fsp3) is 0.348. The van der Waals surface area contributed by atoms with E-state index >= 15 is 0 Å². The molecule has 2 saturated heterocycles. The standard InChI is InChI=1S/C23H24ClN3O5S/c1-23(17-7-9-18(24)10-8-17)21(29)27(22(30)25-23)14-20(28)26(13-16-5-3-2-4-6-16)19-11-12-33(31,32)15-19/h2-10,19H,11-15H2,1H3,(H,25,30)/t19-,23+/m0/s1. The van der Waals surface area contributed by atoms with Crippen molar-refractivity contribution in [2.45, 2.75) is 31.5 Å². The van der Waals surface area contributed by atoms with E-state index in [2.05, 4.69) is 5.32 Å². The maximum Gasteiger partial charge on any atom is 0.325 e. The molecule has 2 aromatic carbocycles. The smallest absolute Gasteiger partial charge is 0.325 e. The number of nitrogens with zero attached hydrogens (tertiary/aromatic N) is 2. The number of benzene rings is 2. The highest BCUT2D eigenvalue weighted by atomic mass is 35.5. The van der Waals surface area contributed by atoms with Gasteiger partial charge in [-0.3, -0.25) is 14.5 Å². The predicted molar refractivity (Wildman–Crippen MR) is 123 cm³/mol. The topological polar surface area (TPSA) is 104 Å². The van der Waals surface area contributed by atoms with E-state index in [1.54, 1.807) is 31.2 Å². The molecule has 0 bridgehead atoms. The van der Waals surface area contributed by atoms with Gasteiger partial charge in [0.15, 0.2) is 9.84 Å². The van der Waals surface area contributed by atoms with Gasteiger partial charge in [0, 0.05) is 17.6 Å². The number of hydrogen-bond acceptors (Lipinski definition) is 5. The molecule has 2 atom stereocenters. The van der Waals surface area contributed by atoms with Crippen LogP contribution in [0.4, 0.5) is 4.79 Å². The summed E-state index contributed by atoms with van der Waals surface area (Å²) < 4.78 is 24.1. The second kappa shape index (κ2) is 8.79. The van der Waals surface area contributed by atoms with Crippen LogP contribution in [0.5, 0.6) is 0 Å². The monoisotopic (exact) mass is 489 g/mol. The first kappa shape index (κ1) is 23.3. The first-order valence-corrected chi connectivity index (χ1v) is 12.7. The van der Waals surface area contributed by atoms with Gasteiger partial charge in [-0.05, 0) is 36.6 Å². The lowest BCUT2D eigenvalue weighted by Crippen LogP contribution is -2.48. The van der Waals surface area contributed by atoms with Crippen molar-refractivity contribution in [3.05, 3.63) is 70.7 Å². The zero-order valence-electron chi connectivity index (χ0n) is 18.0. The van der Waals surface area contributed by atoms with Gasteiger partial charge in [-0.2, -0.15) is 0 Å². The maximum absolute atomic E-state index is 13.3. The summed E-state index contributed by atoms with van der Waals surface area (Å²) in [6, 6.07) is 14.6. The molecule has 0 radical (unpaired) electrons. The van der Waals surface area contributed by atoms with Gasteiger partial charge in [0.1, 0.15) is 12.1 Å². The van der Waals surface area contributed by atoms with Gasteiger partial charge in [0.05, 0.1) is 11.5 Å². The molecular weight excluding hydrogens is 466 g/mol. The quantitative estimate of drug-likeness (QED) is 0.627. The fourth-order valence-electron chi connectivity index (χ4n) is 4.27.